The van der Waals surface area contributed by atoms with Gasteiger partial charge in [0.2, 0.25) is 0 Å². The summed E-state index contributed by atoms with van der Waals surface area (Å²) in [5, 5.41) is 0. The number of furan rings is 1. The molecule has 4 nitrogen and oxygen atoms in total. The maximum atomic E-state index is 13.6. The van der Waals surface area contributed by atoms with Crippen LogP contribution in [0.4, 0.5) is 4.39 Å². The summed E-state index contributed by atoms with van der Waals surface area (Å²) in [6, 6.07) is 8.50. The predicted molar refractivity (Wildman–Crippen MR) is 137 cm³/mol. The number of nitrogens with zero attached hydrogens (tertiary/aromatic N) is 1. The van der Waals surface area contributed by atoms with Gasteiger partial charge in [-0.3, -0.25) is 9.69 Å². The number of thioether (sulfide) groups is 1. The lowest BCUT2D eigenvalue weighted by Gasteiger charge is -2.56. The Kier molecular flexibility index (Phi) is 5.90. The Hall–Kier alpha value is -1.96. The van der Waals surface area contributed by atoms with Gasteiger partial charge in [0, 0.05) is 17.7 Å². The third-order valence-corrected chi connectivity index (χ3v) is 9.51. The van der Waals surface area contributed by atoms with Crippen LogP contribution in [0.1, 0.15) is 49.8 Å². The molecule has 1 aromatic heterocycles. The summed E-state index contributed by atoms with van der Waals surface area (Å²) in [5.74, 6) is 3.95. The molecule has 1 aromatic carbocycles. The van der Waals surface area contributed by atoms with Gasteiger partial charge >= 0.3 is 0 Å². The Morgan fingerprint density at radius 3 is 2.44 bits per heavy atom. The smallest absolute Gasteiger partial charge is 0.266 e. The first-order valence-corrected chi connectivity index (χ1v) is 13.6. The van der Waals surface area contributed by atoms with Crippen LogP contribution >= 0.6 is 24.0 Å². The molecule has 2 heterocycles. The van der Waals surface area contributed by atoms with E-state index in [0.29, 0.717) is 39.1 Å². The number of rotatable bonds is 6. The van der Waals surface area contributed by atoms with E-state index in [1.807, 2.05) is 17.0 Å². The number of hydrogen-bond acceptors (Lipinski definition) is 5. The quantitative estimate of drug-likeness (QED) is 0.392. The van der Waals surface area contributed by atoms with Crippen LogP contribution < -0.4 is 5.73 Å². The van der Waals surface area contributed by atoms with Crippen molar-refractivity contribution in [3.8, 4) is 11.3 Å². The number of carbonyl (C=O) groups is 1. The molecular weight excluding hydrogens is 467 g/mol. The van der Waals surface area contributed by atoms with Crippen molar-refractivity contribution in [2.75, 3.05) is 6.54 Å². The van der Waals surface area contributed by atoms with Crippen molar-refractivity contribution in [1.29, 1.82) is 0 Å². The minimum Gasteiger partial charge on any atom is -0.456 e. The van der Waals surface area contributed by atoms with Crippen LogP contribution in [0, 0.1) is 29.5 Å². The fourth-order valence-corrected chi connectivity index (χ4v) is 8.30. The third-order valence-electron chi connectivity index (χ3n) is 8.18. The van der Waals surface area contributed by atoms with Crippen molar-refractivity contribution in [3.63, 3.8) is 0 Å². The van der Waals surface area contributed by atoms with Crippen LogP contribution in [0.25, 0.3) is 17.4 Å². The monoisotopic (exact) mass is 496 g/mol. The fraction of sp³-hybridized carbons (Fsp3) is 0.481. The number of halogens is 1. The summed E-state index contributed by atoms with van der Waals surface area (Å²) < 4.78 is 20.3. The molecule has 1 amide bonds. The highest BCUT2D eigenvalue weighted by Gasteiger charge is 2.53. The Balaban J connectivity index is 1.30. The molecule has 5 aliphatic rings. The Morgan fingerprint density at radius 1 is 1.12 bits per heavy atom. The molecule has 2 N–H and O–H groups in total. The molecule has 5 fully saturated rings. The van der Waals surface area contributed by atoms with Gasteiger partial charge in [0.1, 0.15) is 21.7 Å². The molecule has 0 unspecified atom stereocenters. The Morgan fingerprint density at radius 2 is 1.79 bits per heavy atom. The van der Waals surface area contributed by atoms with E-state index in [9.17, 15) is 9.18 Å². The molecule has 2 aromatic rings. The van der Waals surface area contributed by atoms with Gasteiger partial charge in [0.05, 0.1) is 4.91 Å². The zero-order valence-electron chi connectivity index (χ0n) is 19.0. The van der Waals surface area contributed by atoms with Crippen molar-refractivity contribution < 1.29 is 13.6 Å². The molecule has 1 aliphatic heterocycles. The first kappa shape index (κ1) is 22.5. The normalized spacial score (nSPS) is 31.3. The lowest BCUT2D eigenvalue weighted by molar-refractivity contribution is -0.130. The summed E-state index contributed by atoms with van der Waals surface area (Å²) in [5.41, 5.74) is 7.56. The number of amides is 1. The van der Waals surface area contributed by atoms with Crippen LogP contribution in [0.15, 0.2) is 39.7 Å². The minimum atomic E-state index is -0.285. The van der Waals surface area contributed by atoms with Gasteiger partial charge in [-0.15, -0.1) is 0 Å². The topological polar surface area (TPSA) is 59.5 Å². The third kappa shape index (κ3) is 3.95. The molecule has 34 heavy (non-hydrogen) atoms. The maximum absolute atomic E-state index is 13.6. The van der Waals surface area contributed by atoms with Crippen molar-refractivity contribution in [3.05, 3.63) is 52.4 Å². The second kappa shape index (κ2) is 8.92. The van der Waals surface area contributed by atoms with Gasteiger partial charge in [-0.05, 0) is 111 Å². The number of benzene rings is 1. The molecular formula is C27H29FN2O2S2. The van der Waals surface area contributed by atoms with Crippen LogP contribution in [0.2, 0.25) is 0 Å². The van der Waals surface area contributed by atoms with E-state index in [2.05, 4.69) is 0 Å². The first-order valence-electron chi connectivity index (χ1n) is 12.4. The maximum Gasteiger partial charge on any atom is 0.266 e. The largest absolute Gasteiger partial charge is 0.456 e. The summed E-state index contributed by atoms with van der Waals surface area (Å²) >= 11 is 7.15. The van der Waals surface area contributed by atoms with Gasteiger partial charge < -0.3 is 10.2 Å². The zero-order valence-corrected chi connectivity index (χ0v) is 20.7. The molecule has 0 atom stereocenters. The first-order chi connectivity index (χ1) is 16.5. The van der Waals surface area contributed by atoms with Crippen LogP contribution in [0.3, 0.4) is 0 Å². The second-order valence-electron chi connectivity index (χ2n) is 10.4. The second-order valence-corrected chi connectivity index (χ2v) is 12.0. The predicted octanol–water partition coefficient (Wildman–Crippen LogP) is 6.00. The SMILES string of the molecule is NCCCc1cc(-c2ccc(F)cc2)oc1C=C1SC(=S)N(C2C3CC4CC(C3)CC2C4)C1=O. The Bertz CT molecular complexity index is 1130. The van der Waals surface area contributed by atoms with Crippen molar-refractivity contribution >= 4 is 40.3 Å². The van der Waals surface area contributed by atoms with Crippen molar-refractivity contribution in [2.24, 2.45) is 29.4 Å². The minimum absolute atomic E-state index is 0.0250. The van der Waals surface area contributed by atoms with E-state index >= 15 is 0 Å². The number of nitrogens with two attached hydrogens (primary N) is 1. The molecule has 1 saturated heterocycles. The van der Waals surface area contributed by atoms with Crippen molar-refractivity contribution in [2.45, 2.75) is 51.0 Å². The zero-order chi connectivity index (χ0) is 23.4. The molecule has 4 aliphatic carbocycles. The molecule has 4 saturated carbocycles. The van der Waals surface area contributed by atoms with E-state index in [4.69, 9.17) is 22.4 Å². The average Bonchev–Trinajstić information content (AvgIpc) is 3.33. The molecule has 0 radical (unpaired) electrons. The standard InChI is InChI=1S/C27H29FN2O2S2/c28-21-5-3-17(4-6-21)22-13-18(2-1-7-29)23(32-22)14-24-26(31)30(27(33)34-24)25-19-9-15-8-16(11-19)12-20(25)10-15/h3-6,13-16,19-20,25H,1-2,7-12,29H2. The van der Waals surface area contributed by atoms with E-state index in [1.54, 1.807) is 12.1 Å². The van der Waals surface area contributed by atoms with E-state index in [1.165, 1.54) is 56.0 Å². The highest BCUT2D eigenvalue weighted by atomic mass is 32.2. The van der Waals surface area contributed by atoms with E-state index < -0.39 is 0 Å². The highest BCUT2D eigenvalue weighted by Crippen LogP contribution is 2.56. The Labute approximate surface area is 209 Å². The van der Waals surface area contributed by atoms with Crippen LogP contribution in [-0.2, 0) is 11.2 Å². The van der Waals surface area contributed by atoms with Gasteiger partial charge in [-0.2, -0.15) is 0 Å². The van der Waals surface area contributed by atoms with Gasteiger partial charge in [-0.1, -0.05) is 24.0 Å². The fourth-order valence-electron chi connectivity index (χ4n) is 6.98. The van der Waals surface area contributed by atoms with E-state index in [0.717, 1.165) is 35.8 Å². The molecule has 0 spiro atoms. The molecule has 178 valence electrons. The van der Waals surface area contributed by atoms with Gasteiger partial charge in [-0.25, -0.2) is 4.39 Å². The summed E-state index contributed by atoms with van der Waals surface area (Å²) in [6.07, 6.45) is 9.80. The van der Waals surface area contributed by atoms with Crippen LogP contribution in [0.5, 0.6) is 0 Å². The van der Waals surface area contributed by atoms with Gasteiger partial charge in [0.25, 0.3) is 5.91 Å². The van der Waals surface area contributed by atoms with Crippen LogP contribution in [-0.4, -0.2) is 27.7 Å². The van der Waals surface area contributed by atoms with Gasteiger partial charge in [0.15, 0.2) is 0 Å². The molecule has 4 bridgehead atoms. The lowest BCUT2D eigenvalue weighted by Crippen LogP contribution is -2.57. The number of aryl methyl sites for hydroxylation is 1. The van der Waals surface area contributed by atoms with E-state index in [-0.39, 0.29) is 17.8 Å². The highest BCUT2D eigenvalue weighted by molar-refractivity contribution is 8.26. The summed E-state index contributed by atoms with van der Waals surface area (Å²) in [6.45, 7) is 0.574. The number of carbonyl (C=O) groups excluding carboxylic acids is 1. The molecule has 7 rings (SSSR count). The molecule has 7 heteroatoms. The lowest BCUT2D eigenvalue weighted by atomic mass is 9.54. The number of hydrogen-bond donors (Lipinski definition) is 1. The summed E-state index contributed by atoms with van der Waals surface area (Å²) in [7, 11) is 0. The number of thiocarbonyl (C=S) groups is 1. The summed E-state index contributed by atoms with van der Waals surface area (Å²) in [4.78, 5) is 16.2. The van der Waals surface area contributed by atoms with Crippen molar-refractivity contribution in [1.82, 2.24) is 4.90 Å². The average molecular weight is 497 g/mol.